The van der Waals surface area contributed by atoms with E-state index < -0.39 is 0 Å². The highest BCUT2D eigenvalue weighted by Crippen LogP contribution is 2.24. The Morgan fingerprint density at radius 1 is 1.29 bits per heavy atom. The van der Waals surface area contributed by atoms with Gasteiger partial charge in [-0.3, -0.25) is 0 Å². The maximum absolute atomic E-state index is 12.7. The van der Waals surface area contributed by atoms with Crippen molar-refractivity contribution in [3.63, 3.8) is 0 Å². The Morgan fingerprint density at radius 3 is 2.76 bits per heavy atom. The van der Waals surface area contributed by atoms with E-state index in [1.165, 1.54) is 17.8 Å². The zero-order chi connectivity index (χ0) is 12.1. The lowest BCUT2D eigenvalue weighted by Gasteiger charge is -1.98. The molecule has 0 fully saturated rings. The summed E-state index contributed by atoms with van der Waals surface area (Å²) in [7, 11) is 0. The molecule has 0 aliphatic carbocycles. The zero-order valence-corrected chi connectivity index (χ0v) is 11.3. The van der Waals surface area contributed by atoms with E-state index in [-0.39, 0.29) is 5.82 Å². The number of benzene rings is 1. The molecule has 1 aromatic heterocycles. The smallest absolute Gasteiger partial charge is 0.123 e. The third-order valence-electron chi connectivity index (χ3n) is 2.28. The van der Waals surface area contributed by atoms with E-state index in [2.05, 4.69) is 17.3 Å². The average molecular weight is 267 g/mol. The highest BCUT2D eigenvalue weighted by atomic mass is 32.2. The molecule has 0 unspecified atom stereocenters. The van der Waals surface area contributed by atoms with Crippen molar-refractivity contribution in [2.24, 2.45) is 0 Å². The van der Waals surface area contributed by atoms with Crippen molar-refractivity contribution in [2.75, 3.05) is 0 Å². The maximum Gasteiger partial charge on any atom is 0.123 e. The van der Waals surface area contributed by atoms with E-state index in [1.54, 1.807) is 35.2 Å². The molecule has 1 nitrogen and oxygen atoms in total. The Kier molecular flexibility index (Phi) is 4.57. The molecule has 0 N–H and O–H groups in total. The van der Waals surface area contributed by atoms with E-state index in [1.807, 2.05) is 0 Å². The molecule has 1 heterocycles. The summed E-state index contributed by atoms with van der Waals surface area (Å²) in [6.07, 6.45) is 2.19. The third-order valence-corrected chi connectivity index (χ3v) is 4.39. The van der Waals surface area contributed by atoms with Crippen LogP contribution in [0.5, 0.6) is 0 Å². The van der Waals surface area contributed by atoms with Crippen LogP contribution in [0.3, 0.4) is 0 Å². The second-order valence-corrected chi connectivity index (χ2v) is 5.72. The third kappa shape index (κ3) is 3.82. The molecule has 0 radical (unpaired) electrons. The summed E-state index contributed by atoms with van der Waals surface area (Å²) in [5.74, 6) is 0.675. The lowest BCUT2D eigenvalue weighted by atomic mass is 10.3. The predicted octanol–water partition coefficient (Wildman–Crippen LogP) is 4.53. The molecule has 90 valence electrons. The van der Waals surface area contributed by atoms with Gasteiger partial charge in [0.1, 0.15) is 10.8 Å². The molecule has 2 rings (SSSR count). The largest absolute Gasteiger partial charge is 0.245 e. The number of hydrogen-bond acceptors (Lipinski definition) is 3. The summed E-state index contributed by atoms with van der Waals surface area (Å²) in [5, 5.41) is 3.27. The van der Waals surface area contributed by atoms with Gasteiger partial charge in [-0.05, 0) is 30.7 Å². The van der Waals surface area contributed by atoms with Crippen LogP contribution in [0.15, 0.2) is 34.5 Å². The standard InChI is InChI=1S/C13H14FNS2/c1-2-3-11-8-17-13(15-11)9-16-12-6-4-10(14)5-7-12/h4-8H,2-3,9H2,1H3. The minimum absolute atomic E-state index is 0.186. The van der Waals surface area contributed by atoms with Crippen LogP contribution in [0.25, 0.3) is 0 Å². The van der Waals surface area contributed by atoms with E-state index in [0.29, 0.717) is 0 Å². The lowest BCUT2D eigenvalue weighted by molar-refractivity contribution is 0.626. The fourth-order valence-corrected chi connectivity index (χ4v) is 3.21. The number of rotatable bonds is 5. The van der Waals surface area contributed by atoms with Gasteiger partial charge in [0.05, 0.1) is 11.4 Å². The van der Waals surface area contributed by atoms with E-state index in [0.717, 1.165) is 28.5 Å². The number of hydrogen-bond donors (Lipinski definition) is 0. The Labute approximate surface area is 109 Å². The summed E-state index contributed by atoms with van der Waals surface area (Å²) in [6.45, 7) is 2.16. The van der Waals surface area contributed by atoms with Crippen molar-refractivity contribution in [2.45, 2.75) is 30.4 Å². The van der Waals surface area contributed by atoms with Gasteiger partial charge in [-0.1, -0.05) is 13.3 Å². The Morgan fingerprint density at radius 2 is 2.06 bits per heavy atom. The second-order valence-electron chi connectivity index (χ2n) is 3.73. The van der Waals surface area contributed by atoms with Gasteiger partial charge in [0.15, 0.2) is 0 Å². The average Bonchev–Trinajstić information content (AvgIpc) is 2.77. The predicted molar refractivity (Wildman–Crippen MR) is 72.1 cm³/mol. The van der Waals surface area contributed by atoms with Crippen LogP contribution in [0, 0.1) is 5.82 Å². The summed E-state index contributed by atoms with van der Waals surface area (Å²) < 4.78 is 12.7. The first-order valence-corrected chi connectivity index (χ1v) is 7.46. The zero-order valence-electron chi connectivity index (χ0n) is 9.65. The first kappa shape index (κ1) is 12.6. The summed E-state index contributed by atoms with van der Waals surface area (Å²) in [5.41, 5.74) is 1.19. The molecule has 0 spiro atoms. The molecule has 4 heteroatoms. The summed E-state index contributed by atoms with van der Waals surface area (Å²) in [6, 6.07) is 6.60. The van der Waals surface area contributed by atoms with Gasteiger partial charge in [0.25, 0.3) is 0 Å². The van der Waals surface area contributed by atoms with Crippen LogP contribution in [0.1, 0.15) is 24.0 Å². The van der Waals surface area contributed by atoms with Gasteiger partial charge in [0, 0.05) is 10.3 Å². The fourth-order valence-electron chi connectivity index (χ4n) is 1.46. The van der Waals surface area contributed by atoms with Crippen molar-refractivity contribution < 1.29 is 4.39 Å². The molecule has 0 amide bonds. The SMILES string of the molecule is CCCc1csc(CSc2ccc(F)cc2)n1. The number of thiazole rings is 1. The minimum atomic E-state index is -0.186. The number of aryl methyl sites for hydroxylation is 1. The van der Waals surface area contributed by atoms with Gasteiger partial charge in [-0.2, -0.15) is 0 Å². The van der Waals surface area contributed by atoms with Gasteiger partial charge in [-0.25, -0.2) is 9.37 Å². The lowest BCUT2D eigenvalue weighted by Crippen LogP contribution is -1.84. The van der Waals surface area contributed by atoms with Gasteiger partial charge in [0.2, 0.25) is 0 Å². The van der Waals surface area contributed by atoms with Crippen LogP contribution in [0.2, 0.25) is 0 Å². The molecule has 0 aliphatic heterocycles. The first-order valence-electron chi connectivity index (χ1n) is 5.59. The van der Waals surface area contributed by atoms with Gasteiger partial charge in [-0.15, -0.1) is 23.1 Å². The molecule has 17 heavy (non-hydrogen) atoms. The molecular weight excluding hydrogens is 253 g/mol. The number of aromatic nitrogens is 1. The molecule has 0 atom stereocenters. The van der Waals surface area contributed by atoms with Crippen molar-refractivity contribution in [1.29, 1.82) is 0 Å². The van der Waals surface area contributed by atoms with Crippen LogP contribution in [0.4, 0.5) is 4.39 Å². The van der Waals surface area contributed by atoms with E-state index >= 15 is 0 Å². The fraction of sp³-hybridized carbons (Fsp3) is 0.308. The highest BCUT2D eigenvalue weighted by Gasteiger charge is 2.02. The second kappa shape index (κ2) is 6.17. The Balaban J connectivity index is 1.90. The Bertz CT molecular complexity index is 465. The molecular formula is C13H14FNS2. The molecule has 0 bridgehead atoms. The first-order chi connectivity index (χ1) is 8.28. The molecule has 2 aromatic rings. The van der Waals surface area contributed by atoms with Crippen LogP contribution < -0.4 is 0 Å². The maximum atomic E-state index is 12.7. The quantitative estimate of drug-likeness (QED) is 0.738. The summed E-state index contributed by atoms with van der Waals surface area (Å²) >= 11 is 3.40. The van der Waals surface area contributed by atoms with E-state index in [4.69, 9.17) is 0 Å². The Hall–Kier alpha value is -0.870. The van der Waals surface area contributed by atoms with Gasteiger partial charge >= 0.3 is 0 Å². The number of thioether (sulfide) groups is 1. The van der Waals surface area contributed by atoms with Crippen LogP contribution in [-0.2, 0) is 12.2 Å². The normalized spacial score (nSPS) is 10.7. The molecule has 0 saturated heterocycles. The molecule has 0 saturated carbocycles. The minimum Gasteiger partial charge on any atom is -0.245 e. The summed E-state index contributed by atoms with van der Waals surface area (Å²) in [4.78, 5) is 5.64. The molecule has 1 aromatic carbocycles. The van der Waals surface area contributed by atoms with Gasteiger partial charge < -0.3 is 0 Å². The van der Waals surface area contributed by atoms with Crippen molar-refractivity contribution >= 4 is 23.1 Å². The monoisotopic (exact) mass is 267 g/mol. The van der Waals surface area contributed by atoms with Crippen molar-refractivity contribution in [3.05, 3.63) is 46.2 Å². The van der Waals surface area contributed by atoms with Crippen LogP contribution in [-0.4, -0.2) is 4.98 Å². The van der Waals surface area contributed by atoms with E-state index in [9.17, 15) is 4.39 Å². The number of nitrogens with zero attached hydrogens (tertiary/aromatic N) is 1. The molecule has 0 aliphatic rings. The van der Waals surface area contributed by atoms with Crippen LogP contribution >= 0.6 is 23.1 Å². The topological polar surface area (TPSA) is 12.9 Å². The highest BCUT2D eigenvalue weighted by molar-refractivity contribution is 7.98. The van der Waals surface area contributed by atoms with Crippen molar-refractivity contribution in [1.82, 2.24) is 4.98 Å². The van der Waals surface area contributed by atoms with Crippen molar-refractivity contribution in [3.8, 4) is 0 Å². The number of halogens is 1.